The average Bonchev–Trinajstić information content (AvgIpc) is 3.61. The standard InChI is InChI=1S/C24H34N2O4S/c1-5-19-6-10-21(11-7-19)26(15-17(2)3)31(28,29)22-12-8-20(9-13-22)23(27)14-25-18(4)24-16-30-24/h6-13,17-18,23-25,27H,5,14-16H2,1-4H3. The maximum Gasteiger partial charge on any atom is 0.264 e. The van der Waals surface area contributed by atoms with E-state index in [1.165, 1.54) is 9.87 Å². The lowest BCUT2D eigenvalue weighted by atomic mass is 10.1. The molecule has 3 rings (SSSR count). The normalized spacial score (nSPS) is 18.1. The van der Waals surface area contributed by atoms with E-state index in [-0.39, 0.29) is 23.0 Å². The van der Waals surface area contributed by atoms with Crippen molar-refractivity contribution >= 4 is 15.7 Å². The van der Waals surface area contributed by atoms with Crippen LogP contribution < -0.4 is 9.62 Å². The second-order valence-electron chi connectivity index (χ2n) is 8.60. The van der Waals surface area contributed by atoms with Gasteiger partial charge in [0.1, 0.15) is 0 Å². The number of anilines is 1. The Balaban J connectivity index is 1.77. The average molecular weight is 447 g/mol. The molecule has 1 aliphatic heterocycles. The van der Waals surface area contributed by atoms with Gasteiger partial charge in [-0.15, -0.1) is 0 Å². The Kier molecular flexibility index (Phi) is 7.75. The lowest BCUT2D eigenvalue weighted by Crippen LogP contribution is -2.35. The molecule has 0 aromatic heterocycles. The van der Waals surface area contributed by atoms with Crippen molar-refractivity contribution in [1.29, 1.82) is 0 Å². The third kappa shape index (κ3) is 6.07. The first-order valence-corrected chi connectivity index (χ1v) is 12.4. The fourth-order valence-corrected chi connectivity index (χ4v) is 5.08. The van der Waals surface area contributed by atoms with Crippen LogP contribution in [-0.4, -0.2) is 45.4 Å². The number of hydrogen-bond donors (Lipinski definition) is 2. The third-order valence-corrected chi connectivity index (χ3v) is 7.37. The van der Waals surface area contributed by atoms with Gasteiger partial charge >= 0.3 is 0 Å². The van der Waals surface area contributed by atoms with Crippen molar-refractivity contribution in [2.75, 3.05) is 24.0 Å². The van der Waals surface area contributed by atoms with Gasteiger partial charge in [-0.2, -0.15) is 0 Å². The molecule has 1 fully saturated rings. The summed E-state index contributed by atoms with van der Waals surface area (Å²) in [5.74, 6) is 0.172. The molecule has 0 saturated carbocycles. The second kappa shape index (κ2) is 10.1. The number of benzene rings is 2. The van der Waals surface area contributed by atoms with Crippen LogP contribution in [0.1, 0.15) is 44.9 Å². The number of aliphatic hydroxyl groups excluding tert-OH is 1. The predicted molar refractivity (Wildman–Crippen MR) is 124 cm³/mol. The molecule has 2 aromatic rings. The van der Waals surface area contributed by atoms with Gasteiger partial charge in [0, 0.05) is 19.1 Å². The van der Waals surface area contributed by atoms with Crippen molar-refractivity contribution in [1.82, 2.24) is 5.32 Å². The highest BCUT2D eigenvalue weighted by Gasteiger charge is 2.29. The second-order valence-corrected chi connectivity index (χ2v) is 10.5. The molecule has 1 aliphatic rings. The van der Waals surface area contributed by atoms with Crippen molar-refractivity contribution in [3.8, 4) is 0 Å². The van der Waals surface area contributed by atoms with Gasteiger partial charge in [0.2, 0.25) is 0 Å². The van der Waals surface area contributed by atoms with Crippen molar-refractivity contribution in [2.24, 2.45) is 5.92 Å². The van der Waals surface area contributed by atoms with Crippen LogP contribution in [0.25, 0.3) is 0 Å². The molecule has 0 radical (unpaired) electrons. The summed E-state index contributed by atoms with van der Waals surface area (Å²) in [6.07, 6.45) is 0.409. The van der Waals surface area contributed by atoms with Gasteiger partial charge in [0.15, 0.2) is 0 Å². The number of aliphatic hydroxyl groups is 1. The van der Waals surface area contributed by atoms with Crippen LogP contribution in [0.4, 0.5) is 5.69 Å². The largest absolute Gasteiger partial charge is 0.387 e. The first-order chi connectivity index (χ1) is 14.7. The maximum atomic E-state index is 13.4. The molecule has 2 aromatic carbocycles. The van der Waals surface area contributed by atoms with Crippen molar-refractivity contribution in [3.63, 3.8) is 0 Å². The minimum absolute atomic E-state index is 0.172. The highest BCUT2D eigenvalue weighted by atomic mass is 32.2. The summed E-state index contributed by atoms with van der Waals surface area (Å²) in [5.41, 5.74) is 2.51. The van der Waals surface area contributed by atoms with Crippen LogP contribution in [0, 0.1) is 5.92 Å². The van der Waals surface area contributed by atoms with Crippen molar-refractivity contribution in [3.05, 3.63) is 59.7 Å². The number of rotatable bonds is 11. The van der Waals surface area contributed by atoms with E-state index in [1.807, 2.05) is 45.0 Å². The molecular weight excluding hydrogens is 412 g/mol. The predicted octanol–water partition coefficient (Wildman–Crippen LogP) is 3.51. The number of sulfonamides is 1. The molecule has 1 heterocycles. The summed E-state index contributed by atoms with van der Waals surface area (Å²) in [7, 11) is -3.72. The minimum Gasteiger partial charge on any atom is -0.387 e. The summed E-state index contributed by atoms with van der Waals surface area (Å²) in [5, 5.41) is 13.7. The molecular formula is C24H34N2O4S. The Hall–Kier alpha value is -1.93. The minimum atomic E-state index is -3.72. The molecule has 0 spiro atoms. The molecule has 2 N–H and O–H groups in total. The van der Waals surface area contributed by atoms with Gasteiger partial charge in [-0.3, -0.25) is 4.31 Å². The van der Waals surface area contributed by atoms with E-state index in [1.54, 1.807) is 24.3 Å². The topological polar surface area (TPSA) is 82.2 Å². The van der Waals surface area contributed by atoms with E-state index in [4.69, 9.17) is 4.74 Å². The summed E-state index contributed by atoms with van der Waals surface area (Å²) in [6, 6.07) is 14.4. The van der Waals surface area contributed by atoms with Gasteiger partial charge in [-0.1, -0.05) is 45.0 Å². The lowest BCUT2D eigenvalue weighted by molar-refractivity contribution is 0.167. The smallest absolute Gasteiger partial charge is 0.264 e. The van der Waals surface area contributed by atoms with E-state index < -0.39 is 16.1 Å². The summed E-state index contributed by atoms with van der Waals surface area (Å²) in [4.78, 5) is 0.219. The van der Waals surface area contributed by atoms with Crippen LogP contribution in [-0.2, 0) is 21.2 Å². The first kappa shape index (κ1) is 23.7. The quantitative estimate of drug-likeness (QED) is 0.516. The molecule has 7 heteroatoms. The molecule has 3 unspecified atom stereocenters. The summed E-state index contributed by atoms with van der Waals surface area (Å²) in [6.45, 7) is 9.64. The third-order valence-electron chi connectivity index (χ3n) is 5.57. The fraction of sp³-hybridized carbons (Fsp3) is 0.500. The van der Waals surface area contributed by atoms with E-state index in [0.29, 0.717) is 24.3 Å². The molecule has 31 heavy (non-hydrogen) atoms. The van der Waals surface area contributed by atoms with E-state index in [2.05, 4.69) is 12.2 Å². The number of epoxide rings is 1. The Morgan fingerprint density at radius 3 is 2.23 bits per heavy atom. The van der Waals surface area contributed by atoms with Gasteiger partial charge in [-0.25, -0.2) is 8.42 Å². The van der Waals surface area contributed by atoms with Crippen molar-refractivity contribution in [2.45, 2.75) is 57.3 Å². The molecule has 3 atom stereocenters. The molecule has 0 amide bonds. The zero-order valence-corrected chi connectivity index (χ0v) is 19.6. The number of nitrogens with one attached hydrogen (secondary N) is 1. The van der Waals surface area contributed by atoms with Gasteiger partial charge in [-0.05, 0) is 54.7 Å². The number of nitrogens with zero attached hydrogens (tertiary/aromatic N) is 1. The summed E-state index contributed by atoms with van der Waals surface area (Å²) >= 11 is 0. The van der Waals surface area contributed by atoms with E-state index >= 15 is 0 Å². The Morgan fingerprint density at radius 1 is 1.10 bits per heavy atom. The fourth-order valence-electron chi connectivity index (χ4n) is 3.45. The Labute approximate surface area is 186 Å². The summed E-state index contributed by atoms with van der Waals surface area (Å²) < 4.78 is 33.6. The lowest BCUT2D eigenvalue weighted by Gasteiger charge is -2.26. The molecule has 6 nitrogen and oxygen atoms in total. The van der Waals surface area contributed by atoms with Crippen molar-refractivity contribution < 1.29 is 18.3 Å². The highest BCUT2D eigenvalue weighted by Crippen LogP contribution is 2.26. The van der Waals surface area contributed by atoms with Crippen LogP contribution in [0.3, 0.4) is 0 Å². The zero-order chi connectivity index (χ0) is 22.6. The monoisotopic (exact) mass is 446 g/mol. The van der Waals surface area contributed by atoms with Gasteiger partial charge < -0.3 is 15.2 Å². The first-order valence-electron chi connectivity index (χ1n) is 11.0. The van der Waals surface area contributed by atoms with Gasteiger partial charge in [0.05, 0.1) is 29.4 Å². The maximum absolute atomic E-state index is 13.4. The van der Waals surface area contributed by atoms with Crippen LogP contribution in [0.15, 0.2) is 53.4 Å². The van der Waals surface area contributed by atoms with Crippen LogP contribution in [0.2, 0.25) is 0 Å². The Bertz CT molecular complexity index is 939. The molecule has 0 aliphatic carbocycles. The van der Waals surface area contributed by atoms with Crippen LogP contribution >= 0.6 is 0 Å². The van der Waals surface area contributed by atoms with Crippen LogP contribution in [0.5, 0.6) is 0 Å². The number of ether oxygens (including phenoxy) is 1. The van der Waals surface area contributed by atoms with Gasteiger partial charge in [0.25, 0.3) is 10.0 Å². The van der Waals surface area contributed by atoms with E-state index in [9.17, 15) is 13.5 Å². The number of aryl methyl sites for hydroxylation is 1. The Morgan fingerprint density at radius 2 is 1.71 bits per heavy atom. The molecule has 0 bridgehead atoms. The molecule has 1 saturated heterocycles. The SMILES string of the molecule is CCc1ccc(N(CC(C)C)S(=O)(=O)c2ccc(C(O)CNC(C)C3CO3)cc2)cc1. The highest BCUT2D eigenvalue weighted by molar-refractivity contribution is 7.92. The molecule has 170 valence electrons. The van der Waals surface area contributed by atoms with E-state index in [0.717, 1.165) is 13.0 Å². The zero-order valence-electron chi connectivity index (χ0n) is 18.8. The number of hydrogen-bond acceptors (Lipinski definition) is 5.